The van der Waals surface area contributed by atoms with Gasteiger partial charge in [-0.15, -0.1) is 11.3 Å². The van der Waals surface area contributed by atoms with Crippen LogP contribution in [0.25, 0.3) is 11.3 Å². The average Bonchev–Trinajstić information content (AvgIpc) is 3.29. The molecule has 0 saturated carbocycles. The highest BCUT2D eigenvalue weighted by Gasteiger charge is 2.24. The van der Waals surface area contributed by atoms with Crippen LogP contribution >= 0.6 is 11.3 Å². The fraction of sp³-hybridized carbons (Fsp3) is 0.385. The Bertz CT molecular complexity index is 1210. The first-order valence-corrected chi connectivity index (χ1v) is 14.0. The lowest BCUT2D eigenvalue weighted by Crippen LogP contribution is -2.33. The number of nitrogens with zero attached hydrogens (tertiary/aromatic N) is 2. The molecule has 0 aliphatic heterocycles. The predicted molar refractivity (Wildman–Crippen MR) is 140 cm³/mol. The second kappa shape index (κ2) is 11.7. The molecule has 0 atom stereocenters. The molecule has 34 heavy (non-hydrogen) atoms. The van der Waals surface area contributed by atoms with E-state index in [9.17, 15) is 13.2 Å². The first-order chi connectivity index (χ1) is 16.3. The van der Waals surface area contributed by atoms with Crippen LogP contribution in [-0.4, -0.2) is 36.7 Å². The van der Waals surface area contributed by atoms with Crippen molar-refractivity contribution in [2.24, 2.45) is 0 Å². The van der Waals surface area contributed by atoms with E-state index in [1.165, 1.54) is 34.6 Å². The van der Waals surface area contributed by atoms with Gasteiger partial charge < -0.3 is 0 Å². The smallest absolute Gasteiger partial charge is 0.257 e. The Morgan fingerprint density at radius 3 is 2.21 bits per heavy atom. The molecule has 0 radical (unpaired) electrons. The number of amides is 1. The van der Waals surface area contributed by atoms with Crippen molar-refractivity contribution >= 4 is 32.4 Å². The van der Waals surface area contributed by atoms with Crippen LogP contribution in [0.3, 0.4) is 0 Å². The lowest BCUT2D eigenvalue weighted by Gasteiger charge is -2.22. The van der Waals surface area contributed by atoms with Gasteiger partial charge in [0.25, 0.3) is 5.91 Å². The molecular weight excluding hydrogens is 466 g/mol. The van der Waals surface area contributed by atoms with Crippen molar-refractivity contribution in [1.29, 1.82) is 0 Å². The quantitative estimate of drug-likeness (QED) is 0.337. The fourth-order valence-corrected chi connectivity index (χ4v) is 5.71. The molecule has 8 heteroatoms. The maximum absolute atomic E-state index is 13.1. The summed E-state index contributed by atoms with van der Waals surface area (Å²) >= 11 is 1.36. The minimum Gasteiger partial charge on any atom is -0.298 e. The summed E-state index contributed by atoms with van der Waals surface area (Å²) in [6.45, 7) is 9.24. The zero-order valence-electron chi connectivity index (χ0n) is 20.3. The molecule has 0 saturated heterocycles. The summed E-state index contributed by atoms with van der Waals surface area (Å²) in [6, 6.07) is 12.3. The number of benzene rings is 2. The van der Waals surface area contributed by atoms with Gasteiger partial charge in [-0.25, -0.2) is 13.4 Å². The van der Waals surface area contributed by atoms with Crippen LogP contribution < -0.4 is 5.32 Å². The van der Waals surface area contributed by atoms with Gasteiger partial charge in [0.1, 0.15) is 0 Å². The molecule has 2 aromatic carbocycles. The van der Waals surface area contributed by atoms with Gasteiger partial charge in [-0.1, -0.05) is 38.8 Å². The number of thiazole rings is 1. The molecule has 3 rings (SSSR count). The third-order valence-electron chi connectivity index (χ3n) is 5.80. The predicted octanol–water partition coefficient (Wildman–Crippen LogP) is 6.27. The largest absolute Gasteiger partial charge is 0.298 e. The molecule has 1 aromatic heterocycles. The van der Waals surface area contributed by atoms with Crippen molar-refractivity contribution in [1.82, 2.24) is 9.29 Å². The SMILES string of the molecule is CCCCN(CCCC)S(=O)(=O)c1ccc(C(=O)Nc2nc(-c3ccc(C)c(C)c3)cs2)cc1. The van der Waals surface area contributed by atoms with Crippen molar-refractivity contribution in [3.63, 3.8) is 0 Å². The Morgan fingerprint density at radius 2 is 1.62 bits per heavy atom. The third-order valence-corrected chi connectivity index (χ3v) is 8.47. The minimum atomic E-state index is -3.59. The number of carbonyl (C=O) groups is 1. The molecule has 1 amide bonds. The highest BCUT2D eigenvalue weighted by molar-refractivity contribution is 7.89. The summed E-state index contributed by atoms with van der Waals surface area (Å²) in [5.74, 6) is -0.321. The maximum Gasteiger partial charge on any atom is 0.257 e. The van der Waals surface area contributed by atoms with E-state index in [1.807, 2.05) is 25.3 Å². The summed E-state index contributed by atoms with van der Waals surface area (Å²) in [6.07, 6.45) is 3.50. The zero-order valence-corrected chi connectivity index (χ0v) is 21.9. The number of sulfonamides is 1. The average molecular weight is 500 g/mol. The molecule has 6 nitrogen and oxygen atoms in total. The van der Waals surface area contributed by atoms with Crippen LogP contribution in [0.1, 0.15) is 61.0 Å². The van der Waals surface area contributed by atoms with Crippen LogP contribution in [0, 0.1) is 13.8 Å². The van der Waals surface area contributed by atoms with Gasteiger partial charge in [-0.2, -0.15) is 4.31 Å². The van der Waals surface area contributed by atoms with Crippen molar-refractivity contribution in [2.45, 2.75) is 58.3 Å². The van der Waals surface area contributed by atoms with Crippen molar-refractivity contribution in [3.8, 4) is 11.3 Å². The molecule has 0 aliphatic carbocycles. The number of carbonyl (C=O) groups excluding carboxylic acids is 1. The van der Waals surface area contributed by atoms with Gasteiger partial charge >= 0.3 is 0 Å². The summed E-state index contributed by atoms with van der Waals surface area (Å²) in [4.78, 5) is 17.5. The van der Waals surface area contributed by atoms with Crippen LogP contribution in [0.15, 0.2) is 52.7 Å². The number of aryl methyl sites for hydroxylation is 2. The number of unbranched alkanes of at least 4 members (excludes halogenated alkanes) is 2. The van der Waals surface area contributed by atoms with Gasteiger partial charge in [0.05, 0.1) is 10.6 Å². The normalized spacial score (nSPS) is 11.7. The monoisotopic (exact) mass is 499 g/mol. The Hall–Kier alpha value is -2.55. The van der Waals surface area contributed by atoms with E-state index in [2.05, 4.69) is 36.3 Å². The van der Waals surface area contributed by atoms with E-state index >= 15 is 0 Å². The molecule has 0 unspecified atom stereocenters. The Balaban J connectivity index is 1.71. The lowest BCUT2D eigenvalue weighted by molar-refractivity contribution is 0.102. The molecule has 0 spiro atoms. The van der Waals surface area contributed by atoms with Gasteiger partial charge in [0.2, 0.25) is 10.0 Å². The van der Waals surface area contributed by atoms with E-state index in [-0.39, 0.29) is 10.8 Å². The highest BCUT2D eigenvalue weighted by atomic mass is 32.2. The minimum absolute atomic E-state index is 0.211. The second-order valence-corrected chi connectivity index (χ2v) is 11.2. The van der Waals surface area contributed by atoms with Crippen LogP contribution in [0.2, 0.25) is 0 Å². The zero-order chi connectivity index (χ0) is 24.7. The summed E-state index contributed by atoms with van der Waals surface area (Å²) < 4.78 is 27.8. The van der Waals surface area contributed by atoms with Crippen molar-refractivity contribution < 1.29 is 13.2 Å². The van der Waals surface area contributed by atoms with E-state index in [1.54, 1.807) is 16.4 Å². The van der Waals surface area contributed by atoms with Crippen LogP contribution in [-0.2, 0) is 10.0 Å². The third kappa shape index (κ3) is 6.31. The molecule has 1 heterocycles. The molecule has 1 N–H and O–H groups in total. The first kappa shape index (κ1) is 26.1. The number of nitrogens with one attached hydrogen (secondary N) is 1. The van der Waals surface area contributed by atoms with E-state index < -0.39 is 10.0 Å². The van der Waals surface area contributed by atoms with E-state index in [0.717, 1.165) is 36.9 Å². The Morgan fingerprint density at radius 1 is 0.971 bits per heavy atom. The summed E-state index contributed by atoms with van der Waals surface area (Å²) in [7, 11) is -3.59. The van der Waals surface area contributed by atoms with E-state index in [0.29, 0.717) is 23.8 Å². The van der Waals surface area contributed by atoms with Crippen molar-refractivity contribution in [2.75, 3.05) is 18.4 Å². The summed E-state index contributed by atoms with van der Waals surface area (Å²) in [5.41, 5.74) is 4.61. The Labute approximate surface area is 207 Å². The lowest BCUT2D eigenvalue weighted by atomic mass is 10.1. The van der Waals surface area contributed by atoms with Crippen molar-refractivity contribution in [3.05, 3.63) is 64.5 Å². The second-order valence-electron chi connectivity index (χ2n) is 8.43. The number of hydrogen-bond donors (Lipinski definition) is 1. The number of rotatable bonds is 11. The Kier molecular flexibility index (Phi) is 8.99. The van der Waals surface area contributed by atoms with Gasteiger partial charge in [-0.3, -0.25) is 10.1 Å². The van der Waals surface area contributed by atoms with E-state index in [4.69, 9.17) is 0 Å². The van der Waals surface area contributed by atoms with Crippen LogP contribution in [0.5, 0.6) is 0 Å². The first-order valence-electron chi connectivity index (χ1n) is 11.7. The highest BCUT2D eigenvalue weighted by Crippen LogP contribution is 2.27. The molecule has 0 bridgehead atoms. The molecule has 3 aromatic rings. The standard InChI is InChI=1S/C26H33N3O3S2/c1-5-7-15-29(16-8-6-2)34(31,32)23-13-11-21(12-14-23)25(30)28-26-27-24(18-33-26)22-10-9-19(3)20(4)17-22/h9-14,17-18H,5-8,15-16H2,1-4H3,(H,27,28,30). The number of hydrogen-bond acceptors (Lipinski definition) is 5. The van der Waals surface area contributed by atoms with Gasteiger partial charge in [-0.05, 0) is 68.1 Å². The summed E-state index contributed by atoms with van der Waals surface area (Å²) in [5, 5.41) is 5.23. The maximum atomic E-state index is 13.1. The van der Waals surface area contributed by atoms with Gasteiger partial charge in [0, 0.05) is 29.6 Å². The topological polar surface area (TPSA) is 79.4 Å². The number of anilines is 1. The molecule has 182 valence electrons. The van der Waals surface area contributed by atoms with Crippen LogP contribution in [0.4, 0.5) is 5.13 Å². The van der Waals surface area contributed by atoms with Gasteiger partial charge in [0.15, 0.2) is 5.13 Å². The number of aromatic nitrogens is 1. The molecule has 0 fully saturated rings. The molecular formula is C26H33N3O3S2. The fourth-order valence-electron chi connectivity index (χ4n) is 3.48. The molecule has 0 aliphatic rings.